The maximum absolute atomic E-state index is 12.8. The van der Waals surface area contributed by atoms with Crippen molar-refractivity contribution in [1.82, 2.24) is 19.7 Å². The van der Waals surface area contributed by atoms with Crippen LogP contribution in [-0.2, 0) is 24.4 Å². The number of aryl methyl sites for hydroxylation is 2. The van der Waals surface area contributed by atoms with Crippen LogP contribution in [0.2, 0.25) is 0 Å². The Kier molecular flexibility index (Phi) is 6.69. The van der Waals surface area contributed by atoms with Crippen LogP contribution in [0.25, 0.3) is 10.9 Å². The number of unbranched alkanes of at least 4 members (excludes halogenated alkanes) is 1. The van der Waals surface area contributed by atoms with Gasteiger partial charge in [-0.1, -0.05) is 25.5 Å². The van der Waals surface area contributed by atoms with Gasteiger partial charge >= 0.3 is 0 Å². The van der Waals surface area contributed by atoms with Gasteiger partial charge in [0.15, 0.2) is 0 Å². The molecule has 0 unspecified atom stereocenters. The number of ether oxygens (including phenoxy) is 1. The molecule has 0 spiro atoms. The topological polar surface area (TPSA) is 78.2 Å². The SMILES string of the molecule is CCCCOc1ccc(CNC(=O)Cn2ccc3c(C)nn(CC)c3c2=O)cc1. The summed E-state index contributed by atoms with van der Waals surface area (Å²) >= 11 is 0. The molecular weight excluding hydrogens is 368 g/mol. The van der Waals surface area contributed by atoms with Gasteiger partial charge in [-0.2, -0.15) is 5.10 Å². The third-order valence-corrected chi connectivity index (χ3v) is 4.85. The highest BCUT2D eigenvalue weighted by molar-refractivity contribution is 5.81. The average molecular weight is 396 g/mol. The summed E-state index contributed by atoms with van der Waals surface area (Å²) in [6.45, 7) is 7.63. The first-order valence-corrected chi connectivity index (χ1v) is 10.1. The second kappa shape index (κ2) is 9.41. The zero-order valence-corrected chi connectivity index (χ0v) is 17.3. The van der Waals surface area contributed by atoms with E-state index in [1.165, 1.54) is 4.57 Å². The molecule has 0 radical (unpaired) electrons. The Hall–Kier alpha value is -3.09. The number of carbonyl (C=O) groups is 1. The molecule has 7 nitrogen and oxygen atoms in total. The van der Waals surface area contributed by atoms with Crippen molar-refractivity contribution in [2.24, 2.45) is 0 Å². The zero-order chi connectivity index (χ0) is 20.8. The molecule has 154 valence electrons. The summed E-state index contributed by atoms with van der Waals surface area (Å²) in [5.74, 6) is 0.616. The van der Waals surface area contributed by atoms with E-state index in [0.717, 1.165) is 35.2 Å². The van der Waals surface area contributed by atoms with Crippen molar-refractivity contribution in [2.75, 3.05) is 6.61 Å². The highest BCUT2D eigenvalue weighted by atomic mass is 16.5. The molecule has 29 heavy (non-hydrogen) atoms. The first kappa shape index (κ1) is 20.6. The van der Waals surface area contributed by atoms with Crippen LogP contribution in [0.5, 0.6) is 5.75 Å². The smallest absolute Gasteiger partial charge is 0.277 e. The van der Waals surface area contributed by atoms with E-state index in [9.17, 15) is 9.59 Å². The van der Waals surface area contributed by atoms with Gasteiger partial charge in [-0.25, -0.2) is 0 Å². The number of benzene rings is 1. The quantitative estimate of drug-likeness (QED) is 0.564. The zero-order valence-electron chi connectivity index (χ0n) is 17.3. The Bertz CT molecular complexity index is 1030. The van der Waals surface area contributed by atoms with Crippen molar-refractivity contribution >= 4 is 16.8 Å². The Morgan fingerprint density at radius 2 is 1.93 bits per heavy atom. The number of hydrogen-bond acceptors (Lipinski definition) is 4. The van der Waals surface area contributed by atoms with Gasteiger partial charge < -0.3 is 14.6 Å². The fourth-order valence-corrected chi connectivity index (χ4v) is 3.19. The molecule has 0 aliphatic rings. The summed E-state index contributed by atoms with van der Waals surface area (Å²) in [5.41, 5.74) is 2.13. The Balaban J connectivity index is 1.61. The van der Waals surface area contributed by atoms with Crippen LogP contribution in [0.3, 0.4) is 0 Å². The van der Waals surface area contributed by atoms with E-state index in [4.69, 9.17) is 4.74 Å². The molecule has 0 saturated heterocycles. The molecule has 2 aromatic heterocycles. The van der Waals surface area contributed by atoms with E-state index in [1.54, 1.807) is 10.9 Å². The van der Waals surface area contributed by atoms with Crippen molar-refractivity contribution in [1.29, 1.82) is 0 Å². The Morgan fingerprint density at radius 3 is 2.62 bits per heavy atom. The molecule has 0 aliphatic carbocycles. The molecule has 3 rings (SSSR count). The molecule has 3 aromatic rings. The number of aromatic nitrogens is 3. The van der Waals surface area contributed by atoms with E-state index in [2.05, 4.69) is 17.3 Å². The highest BCUT2D eigenvalue weighted by Crippen LogP contribution is 2.14. The molecule has 0 atom stereocenters. The minimum absolute atomic E-state index is 0.0269. The predicted octanol–water partition coefficient (Wildman–Crippen LogP) is 3.02. The monoisotopic (exact) mass is 396 g/mol. The lowest BCUT2D eigenvalue weighted by Gasteiger charge is -2.09. The largest absolute Gasteiger partial charge is 0.494 e. The lowest BCUT2D eigenvalue weighted by atomic mass is 10.2. The molecule has 0 fully saturated rings. The third-order valence-electron chi connectivity index (χ3n) is 4.85. The maximum Gasteiger partial charge on any atom is 0.277 e. The number of amides is 1. The average Bonchev–Trinajstić information content (AvgIpc) is 3.06. The summed E-state index contributed by atoms with van der Waals surface area (Å²) in [6, 6.07) is 9.52. The summed E-state index contributed by atoms with van der Waals surface area (Å²) in [5, 5.41) is 8.08. The number of nitrogens with zero attached hydrogens (tertiary/aromatic N) is 3. The molecule has 0 aliphatic heterocycles. The van der Waals surface area contributed by atoms with Gasteiger partial charge in [0, 0.05) is 24.7 Å². The lowest BCUT2D eigenvalue weighted by Crippen LogP contribution is -2.32. The molecule has 7 heteroatoms. The number of hydrogen-bond donors (Lipinski definition) is 1. The molecule has 2 heterocycles. The number of carbonyl (C=O) groups excluding carboxylic acids is 1. The van der Waals surface area contributed by atoms with Gasteiger partial charge in [0.05, 0.1) is 12.3 Å². The number of pyridine rings is 1. The van der Waals surface area contributed by atoms with Crippen molar-refractivity contribution in [3.63, 3.8) is 0 Å². The molecule has 0 saturated carbocycles. The molecular formula is C22H28N4O3. The van der Waals surface area contributed by atoms with Crippen molar-refractivity contribution in [2.45, 2.75) is 53.2 Å². The normalized spacial score (nSPS) is 11.0. The standard InChI is InChI=1S/C22H28N4O3/c1-4-6-13-29-18-9-7-17(8-10-18)14-23-20(27)15-25-12-11-19-16(3)24-26(5-2)21(19)22(25)28/h7-12H,4-6,13-15H2,1-3H3,(H,23,27). The van der Waals surface area contributed by atoms with Gasteiger partial charge in [0.2, 0.25) is 5.91 Å². The van der Waals surface area contributed by atoms with Gasteiger partial charge in [0.25, 0.3) is 5.56 Å². The highest BCUT2D eigenvalue weighted by Gasteiger charge is 2.13. The molecule has 1 aromatic carbocycles. The fourth-order valence-electron chi connectivity index (χ4n) is 3.19. The first-order valence-electron chi connectivity index (χ1n) is 10.1. The van der Waals surface area contributed by atoms with Crippen LogP contribution < -0.4 is 15.6 Å². The Morgan fingerprint density at radius 1 is 1.17 bits per heavy atom. The first-order chi connectivity index (χ1) is 14.0. The molecule has 1 N–H and O–H groups in total. The third kappa shape index (κ3) is 4.85. The van der Waals surface area contributed by atoms with Crippen molar-refractivity contribution in [3.8, 4) is 5.75 Å². The van der Waals surface area contributed by atoms with Gasteiger partial charge in [-0.3, -0.25) is 14.3 Å². The van der Waals surface area contributed by atoms with Crippen LogP contribution in [0.4, 0.5) is 0 Å². The summed E-state index contributed by atoms with van der Waals surface area (Å²) < 4.78 is 8.75. The summed E-state index contributed by atoms with van der Waals surface area (Å²) in [7, 11) is 0. The maximum atomic E-state index is 12.8. The van der Waals surface area contributed by atoms with E-state index >= 15 is 0 Å². The Labute approximate surface area is 170 Å². The second-order valence-electron chi connectivity index (χ2n) is 7.03. The second-order valence-corrected chi connectivity index (χ2v) is 7.03. The molecule has 0 bridgehead atoms. The fraction of sp³-hybridized carbons (Fsp3) is 0.409. The summed E-state index contributed by atoms with van der Waals surface area (Å²) in [4.78, 5) is 25.1. The number of fused-ring (bicyclic) bond motifs is 1. The minimum Gasteiger partial charge on any atom is -0.494 e. The van der Waals surface area contributed by atoms with Crippen molar-refractivity contribution < 1.29 is 9.53 Å². The van der Waals surface area contributed by atoms with Crippen LogP contribution in [0.15, 0.2) is 41.3 Å². The number of nitrogens with one attached hydrogen (secondary N) is 1. The van der Waals surface area contributed by atoms with Crippen LogP contribution in [-0.4, -0.2) is 26.9 Å². The van der Waals surface area contributed by atoms with Gasteiger partial charge in [-0.15, -0.1) is 0 Å². The lowest BCUT2D eigenvalue weighted by molar-refractivity contribution is -0.121. The van der Waals surface area contributed by atoms with Crippen LogP contribution in [0.1, 0.15) is 37.9 Å². The van der Waals surface area contributed by atoms with Crippen LogP contribution in [0, 0.1) is 6.92 Å². The van der Waals surface area contributed by atoms with E-state index in [1.807, 2.05) is 44.2 Å². The molecule has 1 amide bonds. The van der Waals surface area contributed by atoms with E-state index < -0.39 is 0 Å². The summed E-state index contributed by atoms with van der Waals surface area (Å²) in [6.07, 6.45) is 3.78. The van der Waals surface area contributed by atoms with E-state index in [-0.39, 0.29) is 18.0 Å². The number of rotatable bonds is 9. The van der Waals surface area contributed by atoms with E-state index in [0.29, 0.717) is 25.2 Å². The minimum atomic E-state index is -0.214. The van der Waals surface area contributed by atoms with Crippen molar-refractivity contribution in [3.05, 3.63) is 58.1 Å². The predicted molar refractivity (Wildman–Crippen MR) is 113 cm³/mol. The van der Waals surface area contributed by atoms with Crippen LogP contribution >= 0.6 is 0 Å². The van der Waals surface area contributed by atoms with Gasteiger partial charge in [-0.05, 0) is 44.0 Å². The van der Waals surface area contributed by atoms with Gasteiger partial charge in [0.1, 0.15) is 17.8 Å².